The van der Waals surface area contributed by atoms with Crippen LogP contribution < -0.4 is 21.7 Å². The van der Waals surface area contributed by atoms with Crippen LogP contribution in [0.5, 0.6) is 0 Å². The third-order valence-corrected chi connectivity index (χ3v) is 4.58. The number of guanidine groups is 1. The monoisotopic (exact) mass is 523 g/mol. The largest absolute Gasteiger partial charge is 0.368 e. The minimum atomic E-state index is -0.575. The van der Waals surface area contributed by atoms with Gasteiger partial charge in [0, 0.05) is 31.1 Å². The van der Waals surface area contributed by atoms with Gasteiger partial charge in [-0.25, -0.2) is 0 Å². The Hall–Kier alpha value is -2.62. The number of nitrogens with one attached hydrogen (secondary N) is 3. The van der Waals surface area contributed by atoms with Gasteiger partial charge in [-0.05, 0) is 23.3 Å². The molecule has 2 aromatic rings. The van der Waals surface area contributed by atoms with E-state index in [0.717, 1.165) is 12.1 Å². The molecule has 0 fully saturated rings. The summed E-state index contributed by atoms with van der Waals surface area (Å²) in [5, 5.41) is 9.11. The number of hydrogen-bond acceptors (Lipinski definition) is 3. The molecule has 2 aromatic carbocycles. The Bertz CT molecular complexity index is 852. The van der Waals surface area contributed by atoms with Crippen molar-refractivity contribution in [3.8, 4) is 0 Å². The minimum absolute atomic E-state index is 0. The van der Waals surface area contributed by atoms with Crippen LogP contribution in [0.1, 0.15) is 35.3 Å². The summed E-state index contributed by atoms with van der Waals surface area (Å²) < 4.78 is 0. The molecular weight excluding hydrogens is 493 g/mol. The molecule has 2 amide bonds. The number of carbonyl (C=O) groups is 2. The second-order valence-corrected chi connectivity index (χ2v) is 7.38. The number of benzene rings is 2. The zero-order valence-electron chi connectivity index (χ0n) is 17.6. The van der Waals surface area contributed by atoms with Crippen LogP contribution in [0.2, 0.25) is 0 Å². The smallest absolute Gasteiger partial charge is 0.251 e. The Morgan fingerprint density at radius 3 is 2.17 bits per heavy atom. The normalized spacial score (nSPS) is 11.2. The van der Waals surface area contributed by atoms with Gasteiger partial charge in [0.2, 0.25) is 5.91 Å². The summed E-state index contributed by atoms with van der Waals surface area (Å²) in [5.41, 5.74) is 7.72. The molecule has 7 nitrogen and oxygen atoms in total. The third kappa shape index (κ3) is 8.02. The first-order chi connectivity index (χ1) is 13.8. The maximum absolute atomic E-state index is 11.9. The summed E-state index contributed by atoms with van der Waals surface area (Å²) >= 11 is 0. The Morgan fingerprint density at radius 1 is 0.967 bits per heavy atom. The van der Waals surface area contributed by atoms with E-state index in [-0.39, 0.29) is 41.8 Å². The van der Waals surface area contributed by atoms with Crippen LogP contribution in [0.15, 0.2) is 59.6 Å². The van der Waals surface area contributed by atoms with E-state index in [1.165, 1.54) is 5.56 Å². The quantitative estimate of drug-likeness (QED) is 0.242. The van der Waals surface area contributed by atoms with Crippen molar-refractivity contribution in [3.05, 3.63) is 71.3 Å². The molecule has 162 valence electrons. The van der Waals surface area contributed by atoms with Gasteiger partial charge in [0.25, 0.3) is 5.91 Å². The number of amides is 2. The Kier molecular flexibility index (Phi) is 10.3. The number of aliphatic imine (C=N–C) groups is 1. The minimum Gasteiger partial charge on any atom is -0.368 e. The maximum Gasteiger partial charge on any atom is 0.251 e. The topological polar surface area (TPSA) is 109 Å². The van der Waals surface area contributed by atoms with E-state index in [4.69, 9.17) is 5.73 Å². The number of carbonyl (C=O) groups excluding carboxylic acids is 2. The van der Waals surface area contributed by atoms with Crippen LogP contribution in [-0.4, -0.2) is 37.9 Å². The highest BCUT2D eigenvalue weighted by atomic mass is 127. The first kappa shape index (κ1) is 25.4. The van der Waals surface area contributed by atoms with Crippen molar-refractivity contribution in [2.75, 3.05) is 20.1 Å². The van der Waals surface area contributed by atoms with Crippen molar-refractivity contribution >= 4 is 41.8 Å². The summed E-state index contributed by atoms with van der Waals surface area (Å²) in [6, 6.07) is 17.5. The highest BCUT2D eigenvalue weighted by Crippen LogP contribution is 2.21. The van der Waals surface area contributed by atoms with E-state index in [2.05, 4.69) is 46.9 Å². The fourth-order valence-corrected chi connectivity index (χ4v) is 2.75. The summed E-state index contributed by atoms with van der Waals surface area (Å²) in [6.07, 6.45) is 0. The summed E-state index contributed by atoms with van der Waals surface area (Å²) in [7, 11) is 1.73. The molecule has 0 saturated carbocycles. The van der Waals surface area contributed by atoms with Gasteiger partial charge >= 0.3 is 0 Å². The zero-order valence-corrected chi connectivity index (χ0v) is 19.9. The highest BCUT2D eigenvalue weighted by Gasteiger charge is 2.20. The first-order valence-corrected chi connectivity index (χ1v) is 9.47. The van der Waals surface area contributed by atoms with Crippen molar-refractivity contribution in [3.63, 3.8) is 0 Å². The van der Waals surface area contributed by atoms with Gasteiger partial charge in [-0.1, -0.05) is 56.3 Å². The Morgan fingerprint density at radius 2 is 1.60 bits per heavy atom. The number of primary amides is 1. The number of nitrogens with zero attached hydrogens (tertiary/aromatic N) is 1. The Labute approximate surface area is 194 Å². The lowest BCUT2D eigenvalue weighted by Gasteiger charge is -2.26. The van der Waals surface area contributed by atoms with E-state index in [9.17, 15) is 9.59 Å². The molecule has 8 heteroatoms. The van der Waals surface area contributed by atoms with Crippen molar-refractivity contribution in [1.82, 2.24) is 16.0 Å². The molecule has 2 rings (SSSR count). The molecule has 5 N–H and O–H groups in total. The molecule has 0 aliphatic heterocycles. The van der Waals surface area contributed by atoms with Gasteiger partial charge in [0.05, 0.1) is 6.54 Å². The molecule has 0 atom stereocenters. The van der Waals surface area contributed by atoms with E-state index in [1.54, 1.807) is 19.2 Å². The van der Waals surface area contributed by atoms with Gasteiger partial charge in [0.1, 0.15) is 0 Å². The molecule has 0 aliphatic carbocycles. The highest BCUT2D eigenvalue weighted by molar-refractivity contribution is 14.0. The second kappa shape index (κ2) is 12.2. The van der Waals surface area contributed by atoms with Gasteiger partial charge in [0.15, 0.2) is 5.96 Å². The number of hydrogen-bond donors (Lipinski definition) is 4. The molecule has 0 saturated heterocycles. The summed E-state index contributed by atoms with van der Waals surface area (Å²) in [5.74, 6) is -0.199. The van der Waals surface area contributed by atoms with Crippen molar-refractivity contribution in [2.24, 2.45) is 10.7 Å². The van der Waals surface area contributed by atoms with Gasteiger partial charge < -0.3 is 21.7 Å². The number of halogens is 1. The fourth-order valence-electron chi connectivity index (χ4n) is 2.75. The lowest BCUT2D eigenvalue weighted by molar-refractivity contribution is -0.117. The van der Waals surface area contributed by atoms with Crippen molar-refractivity contribution < 1.29 is 9.59 Å². The summed E-state index contributed by atoms with van der Waals surface area (Å²) in [6.45, 7) is 5.49. The molecule has 0 spiro atoms. The van der Waals surface area contributed by atoms with Crippen molar-refractivity contribution in [2.45, 2.75) is 25.8 Å². The van der Waals surface area contributed by atoms with Gasteiger partial charge in [-0.3, -0.25) is 14.6 Å². The third-order valence-electron chi connectivity index (χ3n) is 4.58. The van der Waals surface area contributed by atoms with Crippen LogP contribution in [0.3, 0.4) is 0 Å². The first-order valence-electron chi connectivity index (χ1n) is 9.47. The predicted molar refractivity (Wildman–Crippen MR) is 131 cm³/mol. The molecule has 0 aromatic heterocycles. The molecule has 30 heavy (non-hydrogen) atoms. The van der Waals surface area contributed by atoms with Crippen LogP contribution in [0, 0.1) is 0 Å². The molecule has 0 bridgehead atoms. The predicted octanol–water partition coefficient (Wildman–Crippen LogP) is 2.16. The van der Waals surface area contributed by atoms with E-state index in [0.29, 0.717) is 18.1 Å². The van der Waals surface area contributed by atoms with Crippen LogP contribution in [-0.2, 0) is 16.8 Å². The Balaban J connectivity index is 0.00000450. The average molecular weight is 523 g/mol. The average Bonchev–Trinajstić information content (AvgIpc) is 2.73. The molecule has 0 aliphatic rings. The standard InChI is InChI=1S/C22H29N5O2.HI/c1-22(2,18-7-5-4-6-8-18)15-27-21(24-3)26-13-16-9-11-17(12-10-16)20(29)25-14-19(23)28;/h4-12H,13-15H2,1-3H3,(H2,23,28)(H,25,29)(H2,24,26,27);1H. The van der Waals surface area contributed by atoms with Crippen molar-refractivity contribution in [1.29, 1.82) is 0 Å². The molecular formula is C22H30IN5O2. The van der Waals surface area contributed by atoms with Gasteiger partial charge in [-0.15, -0.1) is 24.0 Å². The summed E-state index contributed by atoms with van der Waals surface area (Å²) in [4.78, 5) is 26.9. The number of nitrogens with two attached hydrogens (primary N) is 1. The SMILES string of the molecule is CN=C(NCc1ccc(C(=O)NCC(N)=O)cc1)NCC(C)(C)c1ccccc1.I. The van der Waals surface area contributed by atoms with Gasteiger partial charge in [-0.2, -0.15) is 0 Å². The number of rotatable bonds is 8. The molecule has 0 radical (unpaired) electrons. The molecule has 0 heterocycles. The van der Waals surface area contributed by atoms with E-state index >= 15 is 0 Å². The van der Waals surface area contributed by atoms with E-state index < -0.39 is 5.91 Å². The fraction of sp³-hybridized carbons (Fsp3) is 0.318. The maximum atomic E-state index is 11.9. The van der Waals surface area contributed by atoms with Crippen LogP contribution >= 0.6 is 24.0 Å². The second-order valence-electron chi connectivity index (χ2n) is 7.38. The van der Waals surface area contributed by atoms with Crippen LogP contribution in [0.4, 0.5) is 0 Å². The molecule has 0 unspecified atom stereocenters. The lowest BCUT2D eigenvalue weighted by atomic mass is 9.85. The van der Waals surface area contributed by atoms with E-state index in [1.807, 2.05) is 30.3 Å². The zero-order chi connectivity index (χ0) is 21.3. The lowest BCUT2D eigenvalue weighted by Crippen LogP contribution is -2.43. The van der Waals surface area contributed by atoms with Crippen LogP contribution in [0.25, 0.3) is 0 Å².